The molecule has 0 spiro atoms. The Kier molecular flexibility index (Phi) is 8.29. The Morgan fingerprint density at radius 1 is 1.36 bits per heavy atom. The van der Waals surface area contributed by atoms with E-state index in [4.69, 9.17) is 4.74 Å². The summed E-state index contributed by atoms with van der Waals surface area (Å²) >= 11 is 1.34. The Morgan fingerprint density at radius 3 is 2.64 bits per heavy atom. The summed E-state index contributed by atoms with van der Waals surface area (Å²) in [4.78, 5) is 37.7. The van der Waals surface area contributed by atoms with E-state index in [1.54, 1.807) is 30.3 Å². The SMILES string of the molecule is COCC1=C(C(=O)[O-])N2C(=O)C(NC(=O)CS(=O)c3ccccc3)[C@H]2SC1.[Na+]. The number of ether oxygens (including phenoxy) is 1. The fraction of sp³-hybridized carbons (Fsp3) is 0.353. The zero-order chi connectivity index (χ0) is 19.6. The summed E-state index contributed by atoms with van der Waals surface area (Å²) in [6, 6.07) is 7.69. The largest absolute Gasteiger partial charge is 1.00 e. The summed E-state index contributed by atoms with van der Waals surface area (Å²) in [7, 11) is -0.0903. The van der Waals surface area contributed by atoms with Crippen LogP contribution in [0.5, 0.6) is 0 Å². The molecule has 0 saturated carbocycles. The number of carboxylic acid groups (broad SMARTS) is 1. The number of fused-ring (bicyclic) bond motifs is 1. The monoisotopic (exact) mass is 432 g/mol. The van der Waals surface area contributed by atoms with Crippen LogP contribution in [0.1, 0.15) is 0 Å². The van der Waals surface area contributed by atoms with E-state index in [1.165, 1.54) is 18.9 Å². The molecule has 2 heterocycles. The number of nitrogens with zero attached hydrogens (tertiary/aromatic N) is 1. The smallest absolute Gasteiger partial charge is 0.543 e. The van der Waals surface area contributed by atoms with Crippen LogP contribution in [0.4, 0.5) is 0 Å². The molecular formula is C17H17N2NaO6S2. The summed E-state index contributed by atoms with van der Waals surface area (Å²) in [6.45, 7) is 0.0832. The topological polar surface area (TPSA) is 116 Å². The van der Waals surface area contributed by atoms with E-state index in [0.29, 0.717) is 16.2 Å². The predicted molar refractivity (Wildman–Crippen MR) is 96.6 cm³/mol. The van der Waals surface area contributed by atoms with Crippen LogP contribution in [0, 0.1) is 0 Å². The first-order chi connectivity index (χ1) is 12.9. The zero-order valence-electron chi connectivity index (χ0n) is 15.4. The quantitative estimate of drug-likeness (QED) is 0.344. The number of β-lactam (4-membered cyclic amide) rings is 1. The summed E-state index contributed by atoms with van der Waals surface area (Å²) < 4.78 is 17.2. The molecule has 0 radical (unpaired) electrons. The van der Waals surface area contributed by atoms with Crippen molar-refractivity contribution < 1.29 is 58.0 Å². The number of methoxy groups -OCH3 is 1. The zero-order valence-corrected chi connectivity index (χ0v) is 19.0. The maximum absolute atomic E-state index is 12.4. The predicted octanol–water partition coefficient (Wildman–Crippen LogP) is -4.15. The van der Waals surface area contributed by atoms with Crippen LogP contribution in [0.15, 0.2) is 46.5 Å². The fourth-order valence-corrected chi connectivity index (χ4v) is 5.22. The Balaban J connectivity index is 0.00000280. The van der Waals surface area contributed by atoms with Crippen molar-refractivity contribution in [1.82, 2.24) is 10.2 Å². The standard InChI is InChI=1S/C17H18N2O6S2.Na/c1-25-7-10-8-26-16-13(15(21)19(16)14(10)17(22)23)18-12(20)9-27(24)11-5-3-2-4-6-11;/h2-6,13,16H,7-9H2,1H3,(H,18,20)(H,22,23);/q;+1/p-1/t13?,16-,27?;/m1./s1. The molecule has 11 heteroatoms. The molecule has 0 aromatic heterocycles. The van der Waals surface area contributed by atoms with E-state index < -0.39 is 40.0 Å². The van der Waals surface area contributed by atoms with Crippen molar-refractivity contribution >= 4 is 40.3 Å². The fourth-order valence-electron chi connectivity index (χ4n) is 2.95. The van der Waals surface area contributed by atoms with Crippen LogP contribution in [0.3, 0.4) is 0 Å². The Labute approximate surface area is 190 Å². The minimum atomic E-state index is -1.53. The minimum absolute atomic E-state index is 0. The van der Waals surface area contributed by atoms with Gasteiger partial charge in [0.05, 0.1) is 29.1 Å². The first-order valence-corrected chi connectivity index (χ1v) is 10.4. The Hall–Kier alpha value is -1.17. The molecule has 1 saturated heterocycles. The van der Waals surface area contributed by atoms with Gasteiger partial charge >= 0.3 is 29.6 Å². The van der Waals surface area contributed by atoms with Gasteiger partial charge in [-0.25, -0.2) is 0 Å². The van der Waals surface area contributed by atoms with Gasteiger partial charge in [0, 0.05) is 17.8 Å². The first-order valence-electron chi connectivity index (χ1n) is 8.03. The van der Waals surface area contributed by atoms with E-state index in [1.807, 2.05) is 0 Å². The number of carbonyl (C=O) groups excluding carboxylic acids is 3. The second-order valence-corrected chi connectivity index (χ2v) is 8.49. The molecule has 1 fully saturated rings. The molecule has 1 aromatic rings. The van der Waals surface area contributed by atoms with Gasteiger partial charge in [0.1, 0.15) is 17.2 Å². The van der Waals surface area contributed by atoms with Crippen molar-refractivity contribution in [3.05, 3.63) is 41.6 Å². The minimum Gasteiger partial charge on any atom is -0.543 e. The van der Waals surface area contributed by atoms with Gasteiger partial charge in [0.2, 0.25) is 5.91 Å². The number of hydrogen-bond acceptors (Lipinski definition) is 7. The number of amides is 2. The third kappa shape index (κ3) is 4.69. The van der Waals surface area contributed by atoms with Crippen molar-refractivity contribution in [3.63, 3.8) is 0 Å². The molecule has 3 atom stereocenters. The number of thioether (sulfide) groups is 1. The van der Waals surface area contributed by atoms with E-state index in [0.717, 1.165) is 4.90 Å². The molecule has 0 aliphatic carbocycles. The molecule has 8 nitrogen and oxygen atoms in total. The van der Waals surface area contributed by atoms with E-state index in [9.17, 15) is 23.7 Å². The van der Waals surface area contributed by atoms with Crippen LogP contribution in [0.25, 0.3) is 0 Å². The Bertz CT molecular complexity index is 832. The van der Waals surface area contributed by atoms with Crippen molar-refractivity contribution in [1.29, 1.82) is 0 Å². The van der Waals surface area contributed by atoms with Gasteiger partial charge in [-0.15, -0.1) is 11.8 Å². The van der Waals surface area contributed by atoms with Crippen molar-refractivity contribution in [2.45, 2.75) is 16.3 Å². The number of hydrogen-bond donors (Lipinski definition) is 1. The Morgan fingerprint density at radius 2 is 2.04 bits per heavy atom. The number of aliphatic carboxylic acids is 1. The van der Waals surface area contributed by atoms with Gasteiger partial charge in [-0.3, -0.25) is 18.7 Å². The summed E-state index contributed by atoms with van der Waals surface area (Å²) in [5, 5.41) is 13.5. The van der Waals surface area contributed by atoms with Gasteiger partial charge in [-0.05, 0) is 17.7 Å². The molecule has 2 aliphatic rings. The van der Waals surface area contributed by atoms with Gasteiger partial charge in [0.25, 0.3) is 5.91 Å². The third-order valence-electron chi connectivity index (χ3n) is 4.14. The molecule has 1 aromatic carbocycles. The van der Waals surface area contributed by atoms with Gasteiger partial charge in [-0.2, -0.15) is 0 Å². The molecular weight excluding hydrogens is 415 g/mol. The molecule has 0 bridgehead atoms. The van der Waals surface area contributed by atoms with Gasteiger partial charge < -0.3 is 20.0 Å². The van der Waals surface area contributed by atoms with Crippen LogP contribution in [-0.4, -0.2) is 63.5 Å². The molecule has 3 rings (SSSR count). The third-order valence-corrected chi connectivity index (χ3v) is 6.81. The van der Waals surface area contributed by atoms with Crippen LogP contribution >= 0.6 is 11.8 Å². The summed E-state index contributed by atoms with van der Waals surface area (Å²) in [6.07, 6.45) is 0. The number of carboxylic acids is 1. The normalized spacial score (nSPS) is 21.9. The average Bonchev–Trinajstić information content (AvgIpc) is 2.66. The first kappa shape index (κ1) is 23.1. The van der Waals surface area contributed by atoms with Crippen molar-refractivity contribution in [3.8, 4) is 0 Å². The summed E-state index contributed by atoms with van der Waals surface area (Å²) in [5.41, 5.74) is 0.269. The molecule has 1 N–H and O–H groups in total. The molecule has 28 heavy (non-hydrogen) atoms. The van der Waals surface area contributed by atoms with Crippen LogP contribution in [0.2, 0.25) is 0 Å². The van der Waals surface area contributed by atoms with E-state index >= 15 is 0 Å². The van der Waals surface area contributed by atoms with Gasteiger partial charge in [0.15, 0.2) is 0 Å². The number of carbonyl (C=O) groups is 3. The molecule has 2 unspecified atom stereocenters. The average molecular weight is 432 g/mol. The van der Waals surface area contributed by atoms with Crippen LogP contribution in [-0.2, 0) is 29.9 Å². The van der Waals surface area contributed by atoms with Crippen molar-refractivity contribution in [2.24, 2.45) is 0 Å². The number of benzene rings is 1. The molecule has 144 valence electrons. The number of nitrogens with one attached hydrogen (secondary N) is 1. The molecule has 2 aliphatic heterocycles. The number of rotatable bonds is 7. The van der Waals surface area contributed by atoms with Gasteiger partial charge in [-0.1, -0.05) is 18.2 Å². The van der Waals surface area contributed by atoms with Crippen LogP contribution < -0.4 is 40.0 Å². The van der Waals surface area contributed by atoms with Crippen molar-refractivity contribution in [2.75, 3.05) is 25.2 Å². The molecule has 2 amide bonds. The maximum Gasteiger partial charge on any atom is 1.00 e. The second kappa shape index (κ2) is 10.0. The van der Waals surface area contributed by atoms with E-state index in [2.05, 4.69) is 5.32 Å². The summed E-state index contributed by atoms with van der Waals surface area (Å²) in [5.74, 6) is -2.43. The second-order valence-electron chi connectivity index (χ2n) is 5.93. The maximum atomic E-state index is 12.4. The van der Waals surface area contributed by atoms with E-state index in [-0.39, 0.29) is 47.6 Å².